The summed E-state index contributed by atoms with van der Waals surface area (Å²) in [6.07, 6.45) is 0.787. The fraction of sp³-hybridized carbons (Fsp3) is 0.533. The van der Waals surface area contributed by atoms with Crippen molar-refractivity contribution in [1.29, 1.82) is 0 Å². The molecule has 0 heterocycles. The van der Waals surface area contributed by atoms with Gasteiger partial charge in [0.2, 0.25) is 5.91 Å². The molecule has 0 spiro atoms. The lowest BCUT2D eigenvalue weighted by atomic mass is 9.96. The number of amides is 1. The normalized spacial score (nSPS) is 14.2. The molecule has 1 aromatic rings. The first kappa shape index (κ1) is 15.5. The largest absolute Gasteiger partial charge is 0.508 e. The Balaban J connectivity index is 2.65. The molecule has 4 nitrogen and oxygen atoms in total. The van der Waals surface area contributed by atoms with E-state index in [-0.39, 0.29) is 23.6 Å². The third-order valence-electron chi connectivity index (χ3n) is 3.14. The highest BCUT2D eigenvalue weighted by molar-refractivity contribution is 5.79. The summed E-state index contributed by atoms with van der Waals surface area (Å²) in [7, 11) is 0. The molecule has 0 fully saturated rings. The summed E-state index contributed by atoms with van der Waals surface area (Å²) in [4.78, 5) is 12.1. The molecular formula is C15H24N2O2. The van der Waals surface area contributed by atoms with Gasteiger partial charge in [0.25, 0.3) is 0 Å². The Bertz CT molecular complexity index is 418. The number of carbonyl (C=O) groups is 1. The van der Waals surface area contributed by atoms with Gasteiger partial charge in [-0.3, -0.25) is 4.79 Å². The number of nitrogens with one attached hydrogen (secondary N) is 1. The second-order valence-corrected chi connectivity index (χ2v) is 5.39. The highest BCUT2D eigenvalue weighted by atomic mass is 16.3. The fourth-order valence-corrected chi connectivity index (χ4v) is 2.09. The number of carbonyl (C=O) groups excluding carboxylic acids is 1. The third kappa shape index (κ3) is 4.91. The van der Waals surface area contributed by atoms with Gasteiger partial charge in [-0.15, -0.1) is 0 Å². The first-order chi connectivity index (χ1) is 8.93. The zero-order valence-corrected chi connectivity index (χ0v) is 11.9. The summed E-state index contributed by atoms with van der Waals surface area (Å²) < 4.78 is 0. The summed E-state index contributed by atoms with van der Waals surface area (Å²) in [5.41, 5.74) is 6.54. The van der Waals surface area contributed by atoms with Crippen LogP contribution in [0.5, 0.6) is 5.75 Å². The lowest BCUT2D eigenvalue weighted by Crippen LogP contribution is -2.37. The highest BCUT2D eigenvalue weighted by Crippen LogP contribution is 2.19. The van der Waals surface area contributed by atoms with E-state index in [0.717, 1.165) is 12.0 Å². The summed E-state index contributed by atoms with van der Waals surface area (Å²) in [5.74, 6) is 0.471. The fourth-order valence-electron chi connectivity index (χ4n) is 2.09. The summed E-state index contributed by atoms with van der Waals surface area (Å²) in [6, 6.07) is 6.78. The van der Waals surface area contributed by atoms with Gasteiger partial charge in [0.15, 0.2) is 0 Å². The maximum Gasteiger partial charge on any atom is 0.224 e. The molecule has 19 heavy (non-hydrogen) atoms. The van der Waals surface area contributed by atoms with Crippen molar-refractivity contribution in [2.45, 2.75) is 33.2 Å². The van der Waals surface area contributed by atoms with E-state index in [1.54, 1.807) is 18.2 Å². The van der Waals surface area contributed by atoms with Crippen LogP contribution in [0, 0.1) is 11.8 Å². The van der Waals surface area contributed by atoms with Gasteiger partial charge in [-0.25, -0.2) is 0 Å². The van der Waals surface area contributed by atoms with Gasteiger partial charge in [0, 0.05) is 6.54 Å². The average molecular weight is 264 g/mol. The van der Waals surface area contributed by atoms with E-state index in [4.69, 9.17) is 5.73 Å². The molecule has 1 aromatic carbocycles. The highest BCUT2D eigenvalue weighted by Gasteiger charge is 2.20. The first-order valence-electron chi connectivity index (χ1n) is 6.73. The molecule has 0 radical (unpaired) electrons. The molecule has 2 atom stereocenters. The molecule has 106 valence electrons. The number of phenolic OH excluding ortho intramolecular Hbond substituents is 1. The third-order valence-corrected chi connectivity index (χ3v) is 3.14. The van der Waals surface area contributed by atoms with E-state index in [1.807, 2.05) is 13.0 Å². The number of benzene rings is 1. The molecule has 4 heteroatoms. The number of phenols is 1. The lowest BCUT2D eigenvalue weighted by molar-refractivity contribution is -0.125. The second-order valence-electron chi connectivity index (χ2n) is 5.39. The van der Waals surface area contributed by atoms with E-state index < -0.39 is 0 Å². The van der Waals surface area contributed by atoms with Gasteiger partial charge in [0.1, 0.15) is 5.75 Å². The lowest BCUT2D eigenvalue weighted by Gasteiger charge is -2.20. The summed E-state index contributed by atoms with van der Waals surface area (Å²) in [5, 5.41) is 12.4. The van der Waals surface area contributed by atoms with E-state index in [9.17, 15) is 9.90 Å². The minimum atomic E-state index is -0.153. The van der Waals surface area contributed by atoms with Crippen molar-refractivity contribution < 1.29 is 9.90 Å². The monoisotopic (exact) mass is 264 g/mol. The number of aromatic hydroxyl groups is 1. The molecule has 0 saturated heterocycles. The maximum atomic E-state index is 12.1. The number of hydrogen-bond acceptors (Lipinski definition) is 3. The van der Waals surface area contributed by atoms with Crippen molar-refractivity contribution in [3.05, 3.63) is 29.8 Å². The van der Waals surface area contributed by atoms with Crippen LogP contribution < -0.4 is 11.1 Å². The standard InChI is InChI=1S/C15H24N2O2/c1-10(2)7-13(9-16)15(19)17-11(3)12-5-4-6-14(18)8-12/h4-6,8,10-11,13,18H,7,9,16H2,1-3H3,(H,17,19). The Labute approximate surface area is 115 Å². The van der Waals surface area contributed by atoms with E-state index in [0.29, 0.717) is 12.5 Å². The van der Waals surface area contributed by atoms with E-state index in [1.165, 1.54) is 0 Å². The van der Waals surface area contributed by atoms with Gasteiger partial charge in [0.05, 0.1) is 12.0 Å². The molecule has 4 N–H and O–H groups in total. The number of nitrogens with two attached hydrogens (primary N) is 1. The van der Waals surface area contributed by atoms with Crippen LogP contribution in [-0.4, -0.2) is 17.6 Å². The molecule has 0 aliphatic heterocycles. The van der Waals surface area contributed by atoms with Crippen molar-refractivity contribution in [2.75, 3.05) is 6.54 Å². The Morgan fingerprint density at radius 1 is 1.37 bits per heavy atom. The van der Waals surface area contributed by atoms with Crippen LogP contribution in [0.25, 0.3) is 0 Å². The molecule has 0 bridgehead atoms. The Morgan fingerprint density at radius 3 is 2.58 bits per heavy atom. The minimum Gasteiger partial charge on any atom is -0.508 e. The Kier molecular flexibility index (Phi) is 5.83. The van der Waals surface area contributed by atoms with Crippen LogP contribution >= 0.6 is 0 Å². The predicted molar refractivity (Wildman–Crippen MR) is 76.7 cm³/mol. The molecule has 1 amide bonds. The maximum absolute atomic E-state index is 12.1. The van der Waals surface area contributed by atoms with E-state index >= 15 is 0 Å². The first-order valence-corrected chi connectivity index (χ1v) is 6.73. The number of hydrogen-bond donors (Lipinski definition) is 3. The molecule has 0 aliphatic rings. The average Bonchev–Trinajstić information content (AvgIpc) is 2.35. The zero-order valence-electron chi connectivity index (χ0n) is 11.9. The quantitative estimate of drug-likeness (QED) is 0.737. The smallest absolute Gasteiger partial charge is 0.224 e. The second kappa shape index (κ2) is 7.14. The van der Waals surface area contributed by atoms with Crippen LogP contribution in [0.1, 0.15) is 38.8 Å². The summed E-state index contributed by atoms with van der Waals surface area (Å²) >= 11 is 0. The Morgan fingerprint density at radius 2 is 2.05 bits per heavy atom. The van der Waals surface area contributed by atoms with Crippen LogP contribution in [0.2, 0.25) is 0 Å². The van der Waals surface area contributed by atoms with Crippen LogP contribution in [0.15, 0.2) is 24.3 Å². The van der Waals surface area contributed by atoms with Gasteiger partial charge in [-0.2, -0.15) is 0 Å². The van der Waals surface area contributed by atoms with Crippen molar-refractivity contribution in [2.24, 2.45) is 17.6 Å². The van der Waals surface area contributed by atoms with Crippen molar-refractivity contribution in [3.8, 4) is 5.75 Å². The number of rotatable bonds is 6. The van der Waals surface area contributed by atoms with Crippen molar-refractivity contribution in [1.82, 2.24) is 5.32 Å². The SMILES string of the molecule is CC(C)CC(CN)C(=O)NC(C)c1cccc(O)c1. The van der Waals surface area contributed by atoms with Crippen molar-refractivity contribution in [3.63, 3.8) is 0 Å². The van der Waals surface area contributed by atoms with Crippen LogP contribution in [0.3, 0.4) is 0 Å². The summed E-state index contributed by atoms with van der Waals surface area (Å²) in [6.45, 7) is 6.41. The van der Waals surface area contributed by atoms with Gasteiger partial charge in [-0.05, 0) is 37.0 Å². The molecule has 0 aliphatic carbocycles. The minimum absolute atomic E-state index is 0.0213. The van der Waals surface area contributed by atoms with Crippen LogP contribution in [0.4, 0.5) is 0 Å². The zero-order chi connectivity index (χ0) is 14.4. The molecular weight excluding hydrogens is 240 g/mol. The molecule has 1 rings (SSSR count). The van der Waals surface area contributed by atoms with E-state index in [2.05, 4.69) is 19.2 Å². The molecule has 2 unspecified atom stereocenters. The van der Waals surface area contributed by atoms with Crippen molar-refractivity contribution >= 4 is 5.91 Å². The van der Waals surface area contributed by atoms with Gasteiger partial charge < -0.3 is 16.2 Å². The predicted octanol–water partition coefficient (Wildman–Crippen LogP) is 2.19. The molecule has 0 aromatic heterocycles. The van der Waals surface area contributed by atoms with Gasteiger partial charge >= 0.3 is 0 Å². The van der Waals surface area contributed by atoms with Gasteiger partial charge in [-0.1, -0.05) is 26.0 Å². The Hall–Kier alpha value is -1.55. The molecule has 0 saturated carbocycles. The van der Waals surface area contributed by atoms with Crippen LogP contribution in [-0.2, 0) is 4.79 Å². The topological polar surface area (TPSA) is 75.4 Å².